The van der Waals surface area contributed by atoms with Gasteiger partial charge in [0, 0.05) is 25.6 Å². The predicted octanol–water partition coefficient (Wildman–Crippen LogP) is 3.56. The molecule has 5 nitrogen and oxygen atoms in total. The summed E-state index contributed by atoms with van der Waals surface area (Å²) in [5.41, 5.74) is 3.50. The predicted molar refractivity (Wildman–Crippen MR) is 107 cm³/mol. The topological polar surface area (TPSA) is 55.8 Å². The Morgan fingerprint density at radius 3 is 2.50 bits per heavy atom. The Hall–Kier alpha value is -2.66. The maximum atomic E-state index is 12.6. The maximum absolute atomic E-state index is 12.6. The summed E-state index contributed by atoms with van der Waals surface area (Å²) in [5, 5.41) is 0. The number of methoxy groups -OCH3 is 1. The SMILES string of the molecule is CCOC(=O)c1c(C)cccc1[C@H]1CN(Cc2ccccc2)C[C@@H]1C(=O)OC. The van der Waals surface area contributed by atoms with Crippen molar-refractivity contribution in [3.63, 3.8) is 0 Å². The van der Waals surface area contributed by atoms with Crippen molar-refractivity contribution >= 4 is 11.9 Å². The Bertz CT molecular complexity index is 834. The van der Waals surface area contributed by atoms with E-state index >= 15 is 0 Å². The summed E-state index contributed by atoms with van der Waals surface area (Å²) in [4.78, 5) is 27.4. The fourth-order valence-electron chi connectivity index (χ4n) is 4.04. The summed E-state index contributed by atoms with van der Waals surface area (Å²) in [6.45, 7) is 6.06. The van der Waals surface area contributed by atoms with Gasteiger partial charge >= 0.3 is 11.9 Å². The van der Waals surface area contributed by atoms with Gasteiger partial charge in [0.15, 0.2) is 0 Å². The van der Waals surface area contributed by atoms with E-state index in [0.29, 0.717) is 25.3 Å². The van der Waals surface area contributed by atoms with E-state index in [-0.39, 0.29) is 23.8 Å². The second-order valence-corrected chi connectivity index (χ2v) is 7.18. The lowest BCUT2D eigenvalue weighted by Crippen LogP contribution is -2.25. The second-order valence-electron chi connectivity index (χ2n) is 7.18. The summed E-state index contributed by atoms with van der Waals surface area (Å²) < 4.78 is 10.4. The maximum Gasteiger partial charge on any atom is 0.338 e. The van der Waals surface area contributed by atoms with Gasteiger partial charge in [0.05, 0.1) is 25.2 Å². The molecule has 1 fully saturated rings. The van der Waals surface area contributed by atoms with Crippen molar-refractivity contribution in [2.24, 2.45) is 5.92 Å². The number of rotatable bonds is 6. The van der Waals surface area contributed by atoms with Crippen LogP contribution in [0.1, 0.15) is 39.9 Å². The average Bonchev–Trinajstić information content (AvgIpc) is 3.11. The van der Waals surface area contributed by atoms with Crippen molar-refractivity contribution in [3.05, 3.63) is 70.8 Å². The van der Waals surface area contributed by atoms with Crippen LogP contribution in [0, 0.1) is 12.8 Å². The number of hydrogen-bond acceptors (Lipinski definition) is 5. The van der Waals surface area contributed by atoms with E-state index in [1.54, 1.807) is 6.92 Å². The van der Waals surface area contributed by atoms with E-state index in [2.05, 4.69) is 17.0 Å². The lowest BCUT2D eigenvalue weighted by atomic mass is 9.84. The van der Waals surface area contributed by atoms with Crippen LogP contribution in [0.25, 0.3) is 0 Å². The molecule has 1 saturated heterocycles. The molecule has 0 aliphatic carbocycles. The molecule has 2 aromatic rings. The molecule has 0 unspecified atom stereocenters. The number of benzene rings is 2. The van der Waals surface area contributed by atoms with Crippen LogP contribution >= 0.6 is 0 Å². The van der Waals surface area contributed by atoms with Gasteiger partial charge in [-0.1, -0.05) is 48.5 Å². The molecular formula is C23H27NO4. The summed E-state index contributed by atoms with van der Waals surface area (Å²) >= 11 is 0. The monoisotopic (exact) mass is 381 g/mol. The highest BCUT2D eigenvalue weighted by atomic mass is 16.5. The summed E-state index contributed by atoms with van der Waals surface area (Å²) in [6.07, 6.45) is 0. The molecule has 0 aromatic heterocycles. The third-order valence-corrected chi connectivity index (χ3v) is 5.33. The van der Waals surface area contributed by atoms with E-state index in [4.69, 9.17) is 9.47 Å². The molecule has 2 atom stereocenters. The molecule has 1 aliphatic heterocycles. The molecule has 0 spiro atoms. The zero-order chi connectivity index (χ0) is 20.1. The quantitative estimate of drug-likeness (QED) is 0.716. The first-order valence-electron chi connectivity index (χ1n) is 9.65. The zero-order valence-electron chi connectivity index (χ0n) is 16.7. The number of esters is 2. The molecule has 1 heterocycles. The summed E-state index contributed by atoms with van der Waals surface area (Å²) in [5.74, 6) is -1.00. The van der Waals surface area contributed by atoms with Gasteiger partial charge in [-0.15, -0.1) is 0 Å². The van der Waals surface area contributed by atoms with Gasteiger partial charge in [-0.2, -0.15) is 0 Å². The third-order valence-electron chi connectivity index (χ3n) is 5.33. The molecule has 0 amide bonds. The minimum Gasteiger partial charge on any atom is -0.469 e. The Balaban J connectivity index is 1.93. The standard InChI is InChI=1S/C23H27NO4/c1-4-28-23(26)21-16(2)9-8-12-18(21)19-14-24(15-20(19)22(25)27-3)13-17-10-6-5-7-11-17/h5-12,19-20H,4,13-15H2,1-3H3/t19-,20+/m1/s1. The summed E-state index contributed by atoms with van der Waals surface area (Å²) in [6, 6.07) is 16.0. The normalized spacial score (nSPS) is 19.4. The van der Waals surface area contributed by atoms with Crippen molar-refractivity contribution in [2.75, 3.05) is 26.8 Å². The number of nitrogens with zero attached hydrogens (tertiary/aromatic N) is 1. The minimum atomic E-state index is -0.333. The van der Waals surface area contributed by atoms with Crippen LogP contribution in [0.15, 0.2) is 48.5 Å². The van der Waals surface area contributed by atoms with Gasteiger partial charge in [0.25, 0.3) is 0 Å². The van der Waals surface area contributed by atoms with Gasteiger partial charge in [0.1, 0.15) is 0 Å². The smallest absolute Gasteiger partial charge is 0.338 e. The molecule has 0 bridgehead atoms. The van der Waals surface area contributed by atoms with Gasteiger partial charge in [0.2, 0.25) is 0 Å². The lowest BCUT2D eigenvalue weighted by Gasteiger charge is -2.21. The first kappa shape index (κ1) is 20.1. The van der Waals surface area contributed by atoms with Crippen molar-refractivity contribution < 1.29 is 19.1 Å². The number of ether oxygens (including phenoxy) is 2. The van der Waals surface area contributed by atoms with Gasteiger partial charge < -0.3 is 9.47 Å². The Morgan fingerprint density at radius 2 is 1.82 bits per heavy atom. The molecule has 0 saturated carbocycles. The van der Waals surface area contributed by atoms with E-state index in [9.17, 15) is 9.59 Å². The highest BCUT2D eigenvalue weighted by Crippen LogP contribution is 2.37. The van der Waals surface area contributed by atoms with E-state index in [0.717, 1.165) is 17.7 Å². The van der Waals surface area contributed by atoms with Crippen LogP contribution in [0.5, 0.6) is 0 Å². The van der Waals surface area contributed by atoms with E-state index in [1.807, 2.05) is 43.3 Å². The number of likely N-dealkylation sites (tertiary alicyclic amines) is 1. The molecule has 28 heavy (non-hydrogen) atoms. The van der Waals surface area contributed by atoms with Crippen LogP contribution in [0.4, 0.5) is 0 Å². The van der Waals surface area contributed by atoms with Gasteiger partial charge in [-0.3, -0.25) is 9.69 Å². The Kier molecular flexibility index (Phi) is 6.47. The molecule has 1 aliphatic rings. The van der Waals surface area contributed by atoms with Crippen molar-refractivity contribution in [1.29, 1.82) is 0 Å². The summed E-state index contributed by atoms with van der Waals surface area (Å²) in [7, 11) is 1.42. The van der Waals surface area contributed by atoms with E-state index in [1.165, 1.54) is 12.7 Å². The molecular weight excluding hydrogens is 354 g/mol. The second kappa shape index (κ2) is 9.02. The number of aryl methyl sites for hydroxylation is 1. The van der Waals surface area contributed by atoms with Gasteiger partial charge in [-0.05, 0) is 30.5 Å². The molecule has 5 heteroatoms. The van der Waals surface area contributed by atoms with Crippen LogP contribution in [-0.2, 0) is 20.8 Å². The molecule has 148 valence electrons. The lowest BCUT2D eigenvalue weighted by molar-refractivity contribution is -0.145. The highest BCUT2D eigenvalue weighted by molar-refractivity contribution is 5.93. The Morgan fingerprint density at radius 1 is 1.07 bits per heavy atom. The van der Waals surface area contributed by atoms with Crippen LogP contribution < -0.4 is 0 Å². The van der Waals surface area contributed by atoms with Crippen LogP contribution in [0.2, 0.25) is 0 Å². The molecule has 0 radical (unpaired) electrons. The fourth-order valence-corrected chi connectivity index (χ4v) is 4.04. The fraction of sp³-hybridized carbons (Fsp3) is 0.391. The van der Waals surface area contributed by atoms with Crippen LogP contribution in [0.3, 0.4) is 0 Å². The average molecular weight is 381 g/mol. The van der Waals surface area contributed by atoms with Crippen molar-refractivity contribution in [1.82, 2.24) is 4.90 Å². The number of carbonyl (C=O) groups excluding carboxylic acids is 2. The molecule has 3 rings (SSSR count). The molecule has 2 aromatic carbocycles. The van der Waals surface area contributed by atoms with Crippen molar-refractivity contribution in [3.8, 4) is 0 Å². The van der Waals surface area contributed by atoms with Gasteiger partial charge in [-0.25, -0.2) is 4.79 Å². The van der Waals surface area contributed by atoms with E-state index < -0.39 is 0 Å². The minimum absolute atomic E-state index is 0.115. The third kappa shape index (κ3) is 4.25. The highest BCUT2D eigenvalue weighted by Gasteiger charge is 2.41. The zero-order valence-corrected chi connectivity index (χ0v) is 16.7. The number of carbonyl (C=O) groups is 2. The van der Waals surface area contributed by atoms with Crippen molar-refractivity contribution in [2.45, 2.75) is 26.3 Å². The largest absolute Gasteiger partial charge is 0.469 e. The molecule has 0 N–H and O–H groups in total. The first-order valence-corrected chi connectivity index (χ1v) is 9.65. The number of hydrogen-bond donors (Lipinski definition) is 0. The first-order chi connectivity index (χ1) is 13.5. The Labute approximate surface area is 166 Å². The van der Waals surface area contributed by atoms with Crippen LogP contribution in [-0.4, -0.2) is 43.6 Å².